The van der Waals surface area contributed by atoms with Crippen molar-refractivity contribution in [1.82, 2.24) is 9.62 Å². The first kappa shape index (κ1) is 16.9. The number of nitrogens with one attached hydrogen (secondary N) is 1. The van der Waals surface area contributed by atoms with E-state index in [9.17, 15) is 8.42 Å². The van der Waals surface area contributed by atoms with Crippen molar-refractivity contribution < 1.29 is 8.42 Å². The van der Waals surface area contributed by atoms with Gasteiger partial charge in [-0.1, -0.05) is 20.8 Å². The number of rotatable bonds is 5. The minimum atomic E-state index is -3.34. The Hall–Kier alpha value is -0.430. The van der Waals surface area contributed by atoms with Crippen molar-refractivity contribution in [2.45, 2.75) is 63.4 Å². The summed E-state index contributed by atoms with van der Waals surface area (Å²) in [7, 11) is -3.34. The molecule has 2 heterocycles. The van der Waals surface area contributed by atoms with E-state index in [1.165, 1.54) is 11.3 Å². The van der Waals surface area contributed by atoms with Gasteiger partial charge >= 0.3 is 0 Å². The maximum Gasteiger partial charge on any atom is 0.252 e. The van der Waals surface area contributed by atoms with Gasteiger partial charge in [-0.25, -0.2) is 8.42 Å². The lowest BCUT2D eigenvalue weighted by Gasteiger charge is -2.36. The van der Waals surface area contributed by atoms with E-state index in [1.54, 1.807) is 4.31 Å². The van der Waals surface area contributed by atoms with Crippen LogP contribution in [-0.2, 0) is 16.6 Å². The molecular formula is C15H26N2O2S2. The molecule has 1 saturated heterocycles. The molecule has 4 nitrogen and oxygen atoms in total. The van der Waals surface area contributed by atoms with Gasteiger partial charge in [-0.05, 0) is 42.7 Å². The third-order valence-electron chi connectivity index (χ3n) is 4.22. The van der Waals surface area contributed by atoms with Crippen molar-refractivity contribution in [2.24, 2.45) is 5.92 Å². The van der Waals surface area contributed by atoms with Gasteiger partial charge in [0.2, 0.25) is 0 Å². The Labute approximate surface area is 132 Å². The first-order valence-electron chi connectivity index (χ1n) is 7.65. The van der Waals surface area contributed by atoms with Crippen LogP contribution in [0.15, 0.2) is 15.7 Å². The zero-order valence-corrected chi connectivity index (χ0v) is 14.9. The first-order valence-corrected chi connectivity index (χ1v) is 9.97. The Bertz CT molecular complexity index is 566. The molecule has 120 valence electrons. The second-order valence-corrected chi connectivity index (χ2v) is 9.31. The summed E-state index contributed by atoms with van der Waals surface area (Å²) in [5, 5.41) is 5.26. The van der Waals surface area contributed by atoms with Gasteiger partial charge in [0.15, 0.2) is 0 Å². The van der Waals surface area contributed by atoms with E-state index >= 15 is 0 Å². The molecular weight excluding hydrogens is 304 g/mol. The molecule has 6 heteroatoms. The number of nitrogens with zero attached hydrogens (tertiary/aromatic N) is 1. The van der Waals surface area contributed by atoms with Gasteiger partial charge in [-0.2, -0.15) is 4.31 Å². The van der Waals surface area contributed by atoms with Crippen LogP contribution >= 0.6 is 11.3 Å². The normalized spacial score (nSPS) is 24.6. The van der Waals surface area contributed by atoms with Gasteiger partial charge in [-0.15, -0.1) is 11.3 Å². The summed E-state index contributed by atoms with van der Waals surface area (Å²) in [4.78, 5) is 0. The van der Waals surface area contributed by atoms with Crippen LogP contribution in [0.5, 0.6) is 0 Å². The number of piperidine rings is 1. The predicted octanol–water partition coefficient (Wildman–Crippen LogP) is 3.06. The van der Waals surface area contributed by atoms with Crippen LogP contribution < -0.4 is 5.32 Å². The summed E-state index contributed by atoms with van der Waals surface area (Å²) >= 11 is 1.34. The quantitative estimate of drug-likeness (QED) is 0.903. The molecule has 0 saturated carbocycles. The number of sulfonamides is 1. The highest BCUT2D eigenvalue weighted by Crippen LogP contribution is 2.31. The Kier molecular flexibility index (Phi) is 5.46. The van der Waals surface area contributed by atoms with Gasteiger partial charge in [-0.3, -0.25) is 0 Å². The molecule has 0 aromatic carbocycles. The van der Waals surface area contributed by atoms with E-state index < -0.39 is 10.0 Å². The predicted molar refractivity (Wildman–Crippen MR) is 88.0 cm³/mol. The molecule has 2 unspecified atom stereocenters. The highest BCUT2D eigenvalue weighted by Gasteiger charge is 2.35. The molecule has 0 aliphatic carbocycles. The molecule has 1 N–H and O–H groups in total. The average molecular weight is 331 g/mol. The second-order valence-electron chi connectivity index (χ2n) is 6.29. The number of thiophene rings is 1. The van der Waals surface area contributed by atoms with E-state index in [0.29, 0.717) is 22.7 Å². The van der Waals surface area contributed by atoms with Gasteiger partial charge in [0, 0.05) is 25.2 Å². The monoisotopic (exact) mass is 330 g/mol. The van der Waals surface area contributed by atoms with Crippen LogP contribution in [0.1, 0.15) is 46.1 Å². The lowest BCUT2D eigenvalue weighted by Crippen LogP contribution is -2.45. The molecule has 0 amide bonds. The molecule has 1 aromatic rings. The Morgan fingerprint density at radius 3 is 2.81 bits per heavy atom. The van der Waals surface area contributed by atoms with Crippen molar-refractivity contribution in [1.29, 1.82) is 0 Å². The minimum absolute atomic E-state index is 0.0862. The van der Waals surface area contributed by atoms with Crippen LogP contribution in [0.3, 0.4) is 0 Å². The lowest BCUT2D eigenvalue weighted by molar-refractivity contribution is 0.202. The fourth-order valence-corrected chi connectivity index (χ4v) is 5.76. The molecule has 21 heavy (non-hydrogen) atoms. The summed E-state index contributed by atoms with van der Waals surface area (Å²) in [6.45, 7) is 9.69. The Morgan fingerprint density at radius 2 is 2.14 bits per heavy atom. The molecule has 0 bridgehead atoms. The van der Waals surface area contributed by atoms with Crippen molar-refractivity contribution >= 4 is 21.4 Å². The zero-order chi connectivity index (χ0) is 15.6. The maximum atomic E-state index is 12.8. The number of hydrogen-bond donors (Lipinski definition) is 1. The number of hydrogen-bond acceptors (Lipinski definition) is 4. The SMILES string of the molecule is CC(C)NCc1csc(S(=O)(=O)N2CCCC(C)C2C)c1. The lowest BCUT2D eigenvalue weighted by atomic mass is 9.94. The summed E-state index contributed by atoms with van der Waals surface area (Å²) in [5.74, 6) is 0.426. The van der Waals surface area contributed by atoms with Gasteiger partial charge < -0.3 is 5.32 Å². The standard InChI is InChI=1S/C15H26N2O2S2/c1-11(2)16-9-14-8-15(20-10-14)21(18,19)17-7-5-6-12(3)13(17)4/h8,10-13,16H,5-7,9H2,1-4H3. The molecule has 1 aromatic heterocycles. The molecule has 0 spiro atoms. The fraction of sp³-hybridized carbons (Fsp3) is 0.733. The molecule has 2 atom stereocenters. The van der Waals surface area contributed by atoms with Crippen LogP contribution in [0.2, 0.25) is 0 Å². The van der Waals surface area contributed by atoms with E-state index in [2.05, 4.69) is 26.1 Å². The smallest absolute Gasteiger partial charge is 0.252 e. The van der Waals surface area contributed by atoms with Crippen LogP contribution in [0.25, 0.3) is 0 Å². The van der Waals surface area contributed by atoms with E-state index in [1.807, 2.05) is 18.4 Å². The molecule has 1 aliphatic rings. The Morgan fingerprint density at radius 1 is 1.43 bits per heavy atom. The van der Waals surface area contributed by atoms with Crippen LogP contribution in [0, 0.1) is 5.92 Å². The third-order valence-corrected chi connectivity index (χ3v) is 7.67. The van der Waals surface area contributed by atoms with Gasteiger partial charge in [0.05, 0.1) is 0 Å². The summed E-state index contributed by atoms with van der Waals surface area (Å²) < 4.78 is 27.8. The van der Waals surface area contributed by atoms with Crippen molar-refractivity contribution in [3.63, 3.8) is 0 Å². The summed E-state index contributed by atoms with van der Waals surface area (Å²) in [6.07, 6.45) is 2.07. The van der Waals surface area contributed by atoms with E-state index in [4.69, 9.17) is 0 Å². The molecule has 1 fully saturated rings. The average Bonchev–Trinajstić information content (AvgIpc) is 2.89. The zero-order valence-electron chi connectivity index (χ0n) is 13.3. The van der Waals surface area contributed by atoms with Gasteiger partial charge in [0.25, 0.3) is 10.0 Å². The van der Waals surface area contributed by atoms with Crippen molar-refractivity contribution in [3.8, 4) is 0 Å². The second kappa shape index (κ2) is 6.77. The van der Waals surface area contributed by atoms with E-state index in [0.717, 1.165) is 24.9 Å². The van der Waals surface area contributed by atoms with Gasteiger partial charge in [0.1, 0.15) is 4.21 Å². The topological polar surface area (TPSA) is 49.4 Å². The molecule has 0 radical (unpaired) electrons. The third kappa shape index (κ3) is 3.86. The van der Waals surface area contributed by atoms with E-state index in [-0.39, 0.29) is 6.04 Å². The highest BCUT2D eigenvalue weighted by atomic mass is 32.2. The highest BCUT2D eigenvalue weighted by molar-refractivity contribution is 7.91. The van der Waals surface area contributed by atoms with Crippen molar-refractivity contribution in [3.05, 3.63) is 17.0 Å². The Balaban J connectivity index is 2.16. The summed E-state index contributed by atoms with van der Waals surface area (Å²) in [6, 6.07) is 2.30. The van der Waals surface area contributed by atoms with Crippen molar-refractivity contribution in [2.75, 3.05) is 6.54 Å². The fourth-order valence-electron chi connectivity index (χ4n) is 2.66. The minimum Gasteiger partial charge on any atom is -0.310 e. The molecule has 1 aliphatic heterocycles. The van der Waals surface area contributed by atoms with Crippen LogP contribution in [0.4, 0.5) is 0 Å². The molecule has 2 rings (SSSR count). The maximum absolute atomic E-state index is 12.8. The largest absolute Gasteiger partial charge is 0.310 e. The van der Waals surface area contributed by atoms with Crippen LogP contribution in [-0.4, -0.2) is 31.4 Å². The first-order chi connectivity index (χ1) is 9.82. The summed E-state index contributed by atoms with van der Waals surface area (Å²) in [5.41, 5.74) is 1.05.